The van der Waals surface area contributed by atoms with Crippen LogP contribution in [0.15, 0.2) is 42.5 Å². The molecule has 130 valence electrons. The zero-order valence-electron chi connectivity index (χ0n) is 13.8. The number of para-hydroxylation sites is 1. The topological polar surface area (TPSA) is 45.2 Å². The van der Waals surface area contributed by atoms with Gasteiger partial charge in [0.1, 0.15) is 10.8 Å². The number of nitrogens with zero attached hydrogens (tertiary/aromatic N) is 2. The first-order valence-corrected chi connectivity index (χ1v) is 8.94. The number of halogens is 2. The van der Waals surface area contributed by atoms with Gasteiger partial charge in [-0.3, -0.25) is 9.69 Å². The second-order valence-electron chi connectivity index (χ2n) is 5.78. The van der Waals surface area contributed by atoms with Gasteiger partial charge in [-0.1, -0.05) is 23.7 Å². The van der Waals surface area contributed by atoms with Crippen molar-refractivity contribution in [3.8, 4) is 0 Å². The molecule has 0 fully saturated rings. The number of rotatable bonds is 5. The van der Waals surface area contributed by atoms with E-state index in [9.17, 15) is 9.18 Å². The first-order chi connectivity index (χ1) is 11.9. The van der Waals surface area contributed by atoms with Gasteiger partial charge >= 0.3 is 0 Å². The van der Waals surface area contributed by atoms with Gasteiger partial charge in [0.15, 0.2) is 0 Å². The average molecular weight is 378 g/mol. The fourth-order valence-corrected chi connectivity index (χ4v) is 3.57. The van der Waals surface area contributed by atoms with Crippen LogP contribution in [0.1, 0.15) is 11.9 Å². The fraction of sp³-hybridized carbons (Fsp3) is 0.222. The lowest BCUT2D eigenvalue weighted by atomic mass is 10.2. The van der Waals surface area contributed by atoms with Gasteiger partial charge in [-0.2, -0.15) is 0 Å². The molecule has 3 rings (SSSR count). The first kappa shape index (κ1) is 17.8. The van der Waals surface area contributed by atoms with Crippen LogP contribution in [-0.4, -0.2) is 28.9 Å². The Balaban J connectivity index is 1.67. The smallest absolute Gasteiger partial charge is 0.241 e. The van der Waals surface area contributed by atoms with Gasteiger partial charge in [0.25, 0.3) is 0 Å². The van der Waals surface area contributed by atoms with E-state index in [0.29, 0.717) is 11.6 Å². The number of thiazole rings is 1. The molecule has 25 heavy (non-hydrogen) atoms. The van der Waals surface area contributed by atoms with Crippen molar-refractivity contribution in [1.29, 1.82) is 0 Å². The lowest BCUT2D eigenvalue weighted by Crippen LogP contribution is -2.39. The molecule has 2 aromatic carbocycles. The molecule has 0 spiro atoms. The summed E-state index contributed by atoms with van der Waals surface area (Å²) in [4.78, 5) is 18.8. The van der Waals surface area contributed by atoms with Gasteiger partial charge in [0.05, 0.1) is 28.5 Å². The maximum Gasteiger partial charge on any atom is 0.241 e. The molecule has 1 N–H and O–H groups in total. The third-order valence-electron chi connectivity index (χ3n) is 3.95. The number of hydrogen-bond donors (Lipinski definition) is 1. The van der Waals surface area contributed by atoms with E-state index >= 15 is 0 Å². The third-order valence-corrected chi connectivity index (χ3v) is 5.21. The Kier molecular flexibility index (Phi) is 5.32. The van der Waals surface area contributed by atoms with E-state index in [0.717, 1.165) is 15.2 Å². The minimum absolute atomic E-state index is 0.0812. The minimum Gasteiger partial charge on any atom is -0.322 e. The van der Waals surface area contributed by atoms with E-state index in [1.807, 2.05) is 36.2 Å². The highest BCUT2D eigenvalue weighted by molar-refractivity contribution is 7.18. The van der Waals surface area contributed by atoms with E-state index in [-0.39, 0.29) is 11.6 Å². The van der Waals surface area contributed by atoms with Gasteiger partial charge < -0.3 is 5.32 Å². The van der Waals surface area contributed by atoms with Crippen molar-refractivity contribution in [2.45, 2.75) is 19.5 Å². The lowest BCUT2D eigenvalue weighted by Gasteiger charge is -2.23. The summed E-state index contributed by atoms with van der Waals surface area (Å²) in [5.41, 5.74) is 1.03. The van der Waals surface area contributed by atoms with Crippen LogP contribution in [-0.2, 0) is 11.3 Å². The third kappa shape index (κ3) is 4.15. The number of anilines is 1. The highest BCUT2D eigenvalue weighted by Crippen LogP contribution is 2.23. The Labute approximate surface area is 154 Å². The molecule has 0 saturated carbocycles. The molecule has 1 unspecified atom stereocenters. The first-order valence-electron chi connectivity index (χ1n) is 7.74. The van der Waals surface area contributed by atoms with Crippen LogP contribution in [0, 0.1) is 5.82 Å². The molecule has 0 radical (unpaired) electrons. The van der Waals surface area contributed by atoms with E-state index < -0.39 is 11.9 Å². The standard InChI is InChI=1S/C18H17ClFN3OS/c1-11(18(24)22-15-9-12(19)7-8-13(15)20)23(2)10-17-21-14-5-3-4-6-16(14)25-17/h3-9,11H,10H2,1-2H3,(H,22,24). The van der Waals surface area contributed by atoms with Gasteiger partial charge in [-0.05, 0) is 44.3 Å². The van der Waals surface area contributed by atoms with Crippen LogP contribution >= 0.6 is 22.9 Å². The quantitative estimate of drug-likeness (QED) is 0.709. The molecule has 0 aliphatic heterocycles. The Morgan fingerprint density at radius 2 is 2.12 bits per heavy atom. The predicted octanol–water partition coefficient (Wildman–Crippen LogP) is 4.55. The number of aromatic nitrogens is 1. The van der Waals surface area contributed by atoms with Crippen LogP contribution in [0.25, 0.3) is 10.2 Å². The van der Waals surface area contributed by atoms with Crippen LogP contribution in [0.3, 0.4) is 0 Å². The van der Waals surface area contributed by atoms with Crippen molar-refractivity contribution in [2.75, 3.05) is 12.4 Å². The molecular weight excluding hydrogens is 361 g/mol. The van der Waals surface area contributed by atoms with Gasteiger partial charge in [0, 0.05) is 5.02 Å². The van der Waals surface area contributed by atoms with Gasteiger partial charge in [-0.15, -0.1) is 11.3 Å². The van der Waals surface area contributed by atoms with Gasteiger partial charge in [-0.25, -0.2) is 9.37 Å². The molecule has 0 aliphatic carbocycles. The van der Waals surface area contributed by atoms with Crippen LogP contribution < -0.4 is 5.32 Å². The number of hydrogen-bond acceptors (Lipinski definition) is 4. The zero-order valence-corrected chi connectivity index (χ0v) is 15.4. The normalized spacial score (nSPS) is 12.5. The fourth-order valence-electron chi connectivity index (χ4n) is 2.37. The molecule has 0 saturated heterocycles. The number of carbonyl (C=O) groups is 1. The molecule has 3 aromatic rings. The maximum atomic E-state index is 13.8. The van der Waals surface area contributed by atoms with Crippen molar-refractivity contribution in [3.05, 3.63) is 58.3 Å². The van der Waals surface area contributed by atoms with Crippen molar-refractivity contribution >= 4 is 44.7 Å². The largest absolute Gasteiger partial charge is 0.322 e. The predicted molar refractivity (Wildman–Crippen MR) is 101 cm³/mol. The van der Waals surface area contributed by atoms with E-state index in [1.54, 1.807) is 18.3 Å². The molecule has 1 amide bonds. The number of benzene rings is 2. The highest BCUT2D eigenvalue weighted by Gasteiger charge is 2.20. The van der Waals surface area contributed by atoms with Gasteiger partial charge in [0.2, 0.25) is 5.91 Å². The summed E-state index contributed by atoms with van der Waals surface area (Å²) in [6.07, 6.45) is 0. The summed E-state index contributed by atoms with van der Waals surface area (Å²) in [5.74, 6) is -0.816. The van der Waals surface area contributed by atoms with Crippen LogP contribution in [0.4, 0.5) is 10.1 Å². The van der Waals surface area contributed by atoms with E-state index in [1.165, 1.54) is 18.2 Å². The van der Waals surface area contributed by atoms with Crippen LogP contribution in [0.2, 0.25) is 5.02 Å². The van der Waals surface area contributed by atoms with Crippen LogP contribution in [0.5, 0.6) is 0 Å². The number of fused-ring (bicyclic) bond motifs is 1. The minimum atomic E-state index is -0.515. The molecular formula is C18H17ClFN3OS. The number of likely N-dealkylation sites (N-methyl/N-ethyl adjacent to an activating group) is 1. The Morgan fingerprint density at radius 1 is 1.36 bits per heavy atom. The summed E-state index contributed by atoms with van der Waals surface area (Å²) < 4.78 is 14.9. The number of amides is 1. The van der Waals surface area contributed by atoms with E-state index in [2.05, 4.69) is 10.3 Å². The Hall–Kier alpha value is -2.02. The lowest BCUT2D eigenvalue weighted by molar-refractivity contribution is -0.120. The van der Waals surface area contributed by atoms with E-state index in [4.69, 9.17) is 11.6 Å². The summed E-state index contributed by atoms with van der Waals surface area (Å²) in [7, 11) is 1.84. The summed E-state index contributed by atoms with van der Waals surface area (Å²) >= 11 is 7.45. The molecule has 4 nitrogen and oxygen atoms in total. The zero-order chi connectivity index (χ0) is 18.0. The molecule has 1 aromatic heterocycles. The molecule has 0 aliphatic rings. The van der Waals surface area contributed by atoms with Crippen molar-refractivity contribution in [2.24, 2.45) is 0 Å². The average Bonchev–Trinajstić information content (AvgIpc) is 2.99. The summed E-state index contributed by atoms with van der Waals surface area (Å²) in [6, 6.07) is 11.5. The SMILES string of the molecule is CC(C(=O)Nc1cc(Cl)ccc1F)N(C)Cc1nc2ccccc2s1. The monoisotopic (exact) mass is 377 g/mol. The summed E-state index contributed by atoms with van der Waals surface area (Å²) in [5, 5.41) is 3.88. The van der Waals surface area contributed by atoms with Crippen molar-refractivity contribution < 1.29 is 9.18 Å². The Morgan fingerprint density at radius 3 is 2.88 bits per heavy atom. The molecule has 1 atom stereocenters. The second kappa shape index (κ2) is 7.47. The molecule has 1 heterocycles. The number of carbonyl (C=O) groups excluding carboxylic acids is 1. The second-order valence-corrected chi connectivity index (χ2v) is 7.33. The molecule has 7 heteroatoms. The van der Waals surface area contributed by atoms with Crippen molar-refractivity contribution in [1.82, 2.24) is 9.88 Å². The number of nitrogens with one attached hydrogen (secondary N) is 1. The summed E-state index contributed by atoms with van der Waals surface area (Å²) in [6.45, 7) is 2.30. The highest BCUT2D eigenvalue weighted by atomic mass is 35.5. The maximum absolute atomic E-state index is 13.8. The molecule has 0 bridgehead atoms. The van der Waals surface area contributed by atoms with Crippen molar-refractivity contribution in [3.63, 3.8) is 0 Å². The Bertz CT molecular complexity index is 881.